The van der Waals surface area contributed by atoms with Gasteiger partial charge in [-0.3, -0.25) is 4.99 Å². The number of allylic oxidation sites excluding steroid dienone is 2. The summed E-state index contributed by atoms with van der Waals surface area (Å²) in [4.78, 5) is 4.48. The van der Waals surface area contributed by atoms with Crippen LogP contribution in [0.3, 0.4) is 0 Å². The van der Waals surface area contributed by atoms with Gasteiger partial charge in [-0.05, 0) is 37.1 Å². The van der Waals surface area contributed by atoms with Crippen molar-refractivity contribution < 1.29 is 5.21 Å². The molecule has 0 fully saturated rings. The van der Waals surface area contributed by atoms with Gasteiger partial charge < -0.3 is 5.21 Å². The fourth-order valence-corrected chi connectivity index (χ4v) is 1.46. The van der Waals surface area contributed by atoms with E-state index in [9.17, 15) is 0 Å². The Balaban J connectivity index is 2.17. The zero-order valence-corrected chi connectivity index (χ0v) is 8.30. The Bertz CT molecular complexity index is 419. The lowest BCUT2D eigenvalue weighted by molar-refractivity contribution is 0.318. The van der Waals surface area contributed by atoms with E-state index in [4.69, 9.17) is 5.21 Å². The molecule has 0 saturated carbocycles. The van der Waals surface area contributed by atoms with Gasteiger partial charge in [-0.2, -0.15) is 0 Å². The van der Waals surface area contributed by atoms with Gasteiger partial charge in [-0.15, -0.1) is 0 Å². The molecule has 76 valence electrons. The first-order chi connectivity index (χ1) is 7.38. The first-order valence-electron chi connectivity index (χ1n) is 4.90. The molecule has 0 radical (unpaired) electrons. The van der Waals surface area contributed by atoms with Crippen LogP contribution in [0.4, 0.5) is 5.69 Å². The highest BCUT2D eigenvalue weighted by Gasteiger charge is 2.06. The average molecular weight is 200 g/mol. The van der Waals surface area contributed by atoms with Crippen molar-refractivity contribution in [3.05, 3.63) is 42.5 Å². The maximum absolute atomic E-state index is 8.56. The van der Waals surface area contributed by atoms with E-state index in [0.717, 1.165) is 24.2 Å². The third-order valence-electron chi connectivity index (χ3n) is 2.26. The largest absolute Gasteiger partial charge is 0.411 e. The predicted octanol–water partition coefficient (Wildman–Crippen LogP) is 2.94. The molecule has 0 unspecified atom stereocenters. The van der Waals surface area contributed by atoms with E-state index in [1.165, 1.54) is 0 Å². The SMILES string of the molecule is ON=C1C=CC(=Nc2ccccc2)CC1. The van der Waals surface area contributed by atoms with Gasteiger partial charge in [0.2, 0.25) is 0 Å². The molecular formula is C12H12N2O. The van der Waals surface area contributed by atoms with Gasteiger partial charge in [0.1, 0.15) is 0 Å². The van der Waals surface area contributed by atoms with E-state index in [-0.39, 0.29) is 0 Å². The smallest absolute Gasteiger partial charge is 0.0800 e. The highest BCUT2D eigenvalue weighted by molar-refractivity contribution is 6.09. The number of hydrogen-bond acceptors (Lipinski definition) is 3. The molecule has 0 aliphatic heterocycles. The monoisotopic (exact) mass is 200 g/mol. The van der Waals surface area contributed by atoms with E-state index >= 15 is 0 Å². The molecule has 0 bridgehead atoms. The third-order valence-corrected chi connectivity index (χ3v) is 2.26. The summed E-state index contributed by atoms with van der Waals surface area (Å²) >= 11 is 0. The molecule has 0 heterocycles. The van der Waals surface area contributed by atoms with Gasteiger partial charge in [-0.1, -0.05) is 23.4 Å². The molecule has 1 aromatic rings. The molecule has 15 heavy (non-hydrogen) atoms. The van der Waals surface area contributed by atoms with Crippen LogP contribution in [0.25, 0.3) is 0 Å². The van der Waals surface area contributed by atoms with Gasteiger partial charge in [0, 0.05) is 5.71 Å². The number of rotatable bonds is 1. The van der Waals surface area contributed by atoms with E-state index in [0.29, 0.717) is 5.71 Å². The molecular weight excluding hydrogens is 188 g/mol. The Morgan fingerprint density at radius 1 is 0.933 bits per heavy atom. The van der Waals surface area contributed by atoms with Crippen molar-refractivity contribution in [2.24, 2.45) is 10.1 Å². The summed E-state index contributed by atoms with van der Waals surface area (Å²) in [6, 6.07) is 9.84. The number of oxime groups is 1. The molecule has 1 aliphatic carbocycles. The zero-order valence-electron chi connectivity index (χ0n) is 8.30. The van der Waals surface area contributed by atoms with Gasteiger partial charge in [-0.25, -0.2) is 0 Å². The van der Waals surface area contributed by atoms with Crippen molar-refractivity contribution in [3.8, 4) is 0 Å². The molecule has 0 amide bonds. The predicted molar refractivity (Wildman–Crippen MR) is 61.1 cm³/mol. The standard InChI is InChI=1S/C12H12N2O/c15-14-12-8-6-11(7-9-12)13-10-4-2-1-3-5-10/h1-6,8,15H,7,9H2. The molecule has 0 saturated heterocycles. The van der Waals surface area contributed by atoms with Crippen LogP contribution >= 0.6 is 0 Å². The van der Waals surface area contributed by atoms with Crippen LogP contribution in [0, 0.1) is 0 Å². The molecule has 1 aromatic carbocycles. The molecule has 0 atom stereocenters. The Hall–Kier alpha value is -1.90. The lowest BCUT2D eigenvalue weighted by Crippen LogP contribution is -2.06. The Morgan fingerprint density at radius 2 is 1.60 bits per heavy atom. The summed E-state index contributed by atoms with van der Waals surface area (Å²) in [5, 5.41) is 11.7. The number of aliphatic imine (C=N–C) groups is 1. The lowest BCUT2D eigenvalue weighted by atomic mass is 10.0. The van der Waals surface area contributed by atoms with Gasteiger partial charge in [0.15, 0.2) is 0 Å². The van der Waals surface area contributed by atoms with Gasteiger partial charge in [0.25, 0.3) is 0 Å². The summed E-state index contributed by atoms with van der Waals surface area (Å²) < 4.78 is 0. The molecule has 0 aromatic heterocycles. The van der Waals surface area contributed by atoms with Gasteiger partial charge >= 0.3 is 0 Å². The first kappa shape index (κ1) is 9.65. The van der Waals surface area contributed by atoms with Crippen molar-refractivity contribution in [2.75, 3.05) is 0 Å². The molecule has 2 rings (SSSR count). The second kappa shape index (κ2) is 4.55. The van der Waals surface area contributed by atoms with Crippen LogP contribution in [-0.2, 0) is 0 Å². The summed E-state index contributed by atoms with van der Waals surface area (Å²) in [6.45, 7) is 0. The molecule has 3 heteroatoms. The first-order valence-corrected chi connectivity index (χ1v) is 4.90. The van der Waals surface area contributed by atoms with Crippen LogP contribution in [0.15, 0.2) is 52.6 Å². The maximum atomic E-state index is 8.56. The maximum Gasteiger partial charge on any atom is 0.0800 e. The molecule has 1 N–H and O–H groups in total. The van der Waals surface area contributed by atoms with Crippen molar-refractivity contribution in [1.82, 2.24) is 0 Å². The minimum atomic E-state index is 0.710. The highest BCUT2D eigenvalue weighted by atomic mass is 16.4. The van der Waals surface area contributed by atoms with E-state index < -0.39 is 0 Å². The van der Waals surface area contributed by atoms with E-state index in [1.807, 2.05) is 36.4 Å². The van der Waals surface area contributed by atoms with Crippen molar-refractivity contribution in [3.63, 3.8) is 0 Å². The summed E-state index contributed by atoms with van der Waals surface area (Å²) in [5.41, 5.74) is 2.69. The molecule has 3 nitrogen and oxygen atoms in total. The number of para-hydroxylation sites is 1. The summed E-state index contributed by atoms with van der Waals surface area (Å²) in [5.74, 6) is 0. The van der Waals surface area contributed by atoms with Crippen LogP contribution in [0.5, 0.6) is 0 Å². The van der Waals surface area contributed by atoms with Crippen molar-refractivity contribution >= 4 is 17.1 Å². The fraction of sp³-hybridized carbons (Fsp3) is 0.167. The van der Waals surface area contributed by atoms with Crippen LogP contribution in [-0.4, -0.2) is 16.6 Å². The normalized spacial score (nSPS) is 21.1. The third kappa shape index (κ3) is 2.53. The summed E-state index contributed by atoms with van der Waals surface area (Å²) in [7, 11) is 0. The van der Waals surface area contributed by atoms with Crippen LogP contribution < -0.4 is 0 Å². The minimum Gasteiger partial charge on any atom is -0.411 e. The quantitative estimate of drug-likeness (QED) is 0.549. The van der Waals surface area contributed by atoms with Gasteiger partial charge in [0.05, 0.1) is 11.4 Å². The van der Waals surface area contributed by atoms with E-state index in [1.54, 1.807) is 6.08 Å². The van der Waals surface area contributed by atoms with Crippen molar-refractivity contribution in [1.29, 1.82) is 0 Å². The lowest BCUT2D eigenvalue weighted by Gasteiger charge is -2.07. The van der Waals surface area contributed by atoms with Crippen molar-refractivity contribution in [2.45, 2.75) is 12.8 Å². The fourth-order valence-electron chi connectivity index (χ4n) is 1.46. The van der Waals surface area contributed by atoms with Crippen LogP contribution in [0.2, 0.25) is 0 Å². The summed E-state index contributed by atoms with van der Waals surface area (Å²) in [6.07, 6.45) is 5.26. The Morgan fingerprint density at radius 3 is 2.20 bits per heavy atom. The minimum absolute atomic E-state index is 0.710. The average Bonchev–Trinajstić information content (AvgIpc) is 2.31. The zero-order chi connectivity index (χ0) is 10.5. The second-order valence-electron chi connectivity index (χ2n) is 3.36. The number of hydrogen-bond donors (Lipinski definition) is 1. The second-order valence-corrected chi connectivity index (χ2v) is 3.36. The molecule has 0 spiro atoms. The van der Waals surface area contributed by atoms with E-state index in [2.05, 4.69) is 10.1 Å². The van der Waals surface area contributed by atoms with Crippen LogP contribution in [0.1, 0.15) is 12.8 Å². The number of nitrogens with zero attached hydrogens (tertiary/aromatic N) is 2. The Kier molecular flexibility index (Phi) is 2.93. The topological polar surface area (TPSA) is 45.0 Å². The molecule has 1 aliphatic rings. The number of benzene rings is 1. The highest BCUT2D eigenvalue weighted by Crippen LogP contribution is 2.14. The Labute approximate surface area is 88.5 Å².